The summed E-state index contributed by atoms with van der Waals surface area (Å²) in [5.74, 6) is -0.243. The zero-order valence-electron chi connectivity index (χ0n) is 10.4. The Hall–Kier alpha value is -2.07. The molecule has 0 spiro atoms. The van der Waals surface area contributed by atoms with Crippen LogP contribution in [0.5, 0.6) is 5.75 Å². The van der Waals surface area contributed by atoms with Gasteiger partial charge in [0.2, 0.25) is 0 Å². The van der Waals surface area contributed by atoms with E-state index in [1.54, 1.807) is 0 Å². The molecule has 1 N–H and O–H groups in total. The molecular formula is C15H11ClFNO2. The number of halogens is 2. The second-order valence-electron chi connectivity index (χ2n) is 4.53. The van der Waals surface area contributed by atoms with E-state index in [4.69, 9.17) is 16.3 Å². The Bertz CT molecular complexity index is 650. The molecule has 1 aliphatic rings. The molecule has 0 saturated heterocycles. The molecule has 0 unspecified atom stereocenters. The fourth-order valence-electron chi connectivity index (χ4n) is 2.13. The third-order valence-corrected chi connectivity index (χ3v) is 3.36. The van der Waals surface area contributed by atoms with E-state index in [1.165, 1.54) is 12.1 Å². The fraction of sp³-hybridized carbons (Fsp3) is 0.133. The van der Waals surface area contributed by atoms with Crippen LogP contribution in [0.2, 0.25) is 5.02 Å². The van der Waals surface area contributed by atoms with Crippen molar-refractivity contribution >= 4 is 23.2 Å². The number of carbonyl (C=O) groups excluding carboxylic acids is 1. The van der Waals surface area contributed by atoms with E-state index < -0.39 is 11.9 Å². The molecule has 1 heterocycles. The maximum Gasteiger partial charge on any atom is 0.265 e. The second kappa shape index (κ2) is 5.13. The average molecular weight is 292 g/mol. The Morgan fingerprint density at radius 1 is 1.30 bits per heavy atom. The fourth-order valence-corrected chi connectivity index (χ4v) is 2.29. The summed E-state index contributed by atoms with van der Waals surface area (Å²) in [6.07, 6.45) is -0.153. The first-order chi connectivity index (χ1) is 9.63. The predicted octanol–water partition coefficient (Wildman–Crippen LogP) is 3.42. The smallest absolute Gasteiger partial charge is 0.265 e. The van der Waals surface area contributed by atoms with Gasteiger partial charge in [-0.25, -0.2) is 4.39 Å². The third-order valence-electron chi connectivity index (χ3n) is 3.13. The van der Waals surface area contributed by atoms with Crippen molar-refractivity contribution < 1.29 is 13.9 Å². The van der Waals surface area contributed by atoms with Crippen LogP contribution in [0.25, 0.3) is 0 Å². The summed E-state index contributed by atoms with van der Waals surface area (Å²) in [5.41, 5.74) is 1.07. The molecule has 0 saturated carbocycles. The number of carbonyl (C=O) groups is 1. The van der Waals surface area contributed by atoms with Crippen LogP contribution in [0.3, 0.4) is 0 Å². The molecule has 2 aromatic rings. The van der Waals surface area contributed by atoms with Gasteiger partial charge in [0.1, 0.15) is 11.6 Å². The van der Waals surface area contributed by atoms with E-state index in [2.05, 4.69) is 5.32 Å². The van der Waals surface area contributed by atoms with Crippen LogP contribution < -0.4 is 10.1 Å². The van der Waals surface area contributed by atoms with Crippen LogP contribution >= 0.6 is 11.6 Å². The van der Waals surface area contributed by atoms with Crippen molar-refractivity contribution in [2.45, 2.75) is 12.5 Å². The SMILES string of the molecule is O=C(Nc1ccc(Cl)cc1F)[C@@H]1Cc2ccccc2O1. The number of ether oxygens (including phenoxy) is 1. The number of para-hydroxylation sites is 1. The van der Waals surface area contributed by atoms with Crippen LogP contribution in [0, 0.1) is 5.82 Å². The summed E-state index contributed by atoms with van der Waals surface area (Å²) in [6, 6.07) is 11.6. The average Bonchev–Trinajstić information content (AvgIpc) is 2.86. The number of nitrogens with one attached hydrogen (secondary N) is 1. The summed E-state index contributed by atoms with van der Waals surface area (Å²) < 4.78 is 19.2. The zero-order valence-corrected chi connectivity index (χ0v) is 11.2. The van der Waals surface area contributed by atoms with E-state index in [9.17, 15) is 9.18 Å². The van der Waals surface area contributed by atoms with Gasteiger partial charge in [-0.2, -0.15) is 0 Å². The Morgan fingerprint density at radius 3 is 2.85 bits per heavy atom. The number of hydrogen-bond donors (Lipinski definition) is 1. The Morgan fingerprint density at radius 2 is 2.10 bits per heavy atom. The summed E-state index contributed by atoms with van der Waals surface area (Å²) in [6.45, 7) is 0. The number of amides is 1. The molecule has 1 amide bonds. The molecular weight excluding hydrogens is 281 g/mol. The monoisotopic (exact) mass is 291 g/mol. The van der Waals surface area contributed by atoms with Crippen LogP contribution in [-0.4, -0.2) is 12.0 Å². The summed E-state index contributed by atoms with van der Waals surface area (Å²) in [4.78, 5) is 12.1. The maximum atomic E-state index is 13.6. The van der Waals surface area contributed by atoms with Gasteiger partial charge in [0, 0.05) is 11.4 Å². The van der Waals surface area contributed by atoms with Crippen molar-refractivity contribution in [3.8, 4) is 5.75 Å². The van der Waals surface area contributed by atoms with Crippen molar-refractivity contribution in [2.75, 3.05) is 5.32 Å². The maximum absolute atomic E-state index is 13.6. The van der Waals surface area contributed by atoms with Gasteiger partial charge in [0.15, 0.2) is 6.10 Å². The van der Waals surface area contributed by atoms with Crippen LogP contribution in [0.15, 0.2) is 42.5 Å². The number of benzene rings is 2. The molecule has 0 aliphatic carbocycles. The molecule has 102 valence electrons. The first kappa shape index (κ1) is 12.9. The van der Waals surface area contributed by atoms with Gasteiger partial charge in [-0.15, -0.1) is 0 Å². The molecule has 0 aromatic heterocycles. The largest absolute Gasteiger partial charge is 0.480 e. The quantitative estimate of drug-likeness (QED) is 0.921. The van der Waals surface area contributed by atoms with E-state index in [0.717, 1.165) is 11.6 Å². The van der Waals surface area contributed by atoms with Gasteiger partial charge in [-0.05, 0) is 29.8 Å². The molecule has 3 rings (SSSR count). The highest BCUT2D eigenvalue weighted by atomic mass is 35.5. The van der Waals surface area contributed by atoms with E-state index in [-0.39, 0.29) is 16.6 Å². The van der Waals surface area contributed by atoms with Gasteiger partial charge in [-0.1, -0.05) is 29.8 Å². The van der Waals surface area contributed by atoms with Gasteiger partial charge in [0.05, 0.1) is 5.69 Å². The topological polar surface area (TPSA) is 38.3 Å². The highest BCUT2D eigenvalue weighted by molar-refractivity contribution is 6.30. The Labute approximate surface area is 120 Å². The molecule has 2 aromatic carbocycles. The van der Waals surface area contributed by atoms with Gasteiger partial charge < -0.3 is 10.1 Å². The molecule has 3 nitrogen and oxygen atoms in total. The number of fused-ring (bicyclic) bond motifs is 1. The number of rotatable bonds is 2. The van der Waals surface area contributed by atoms with E-state index >= 15 is 0 Å². The lowest BCUT2D eigenvalue weighted by atomic mass is 10.1. The Balaban J connectivity index is 1.72. The molecule has 20 heavy (non-hydrogen) atoms. The standard InChI is InChI=1S/C15H11ClFNO2/c16-10-5-6-12(11(17)8-10)18-15(19)14-7-9-3-1-2-4-13(9)20-14/h1-6,8,14H,7H2,(H,18,19)/t14-/m0/s1. The minimum Gasteiger partial charge on any atom is -0.480 e. The van der Waals surface area contributed by atoms with Gasteiger partial charge in [0.25, 0.3) is 5.91 Å². The molecule has 0 radical (unpaired) electrons. The van der Waals surface area contributed by atoms with Crippen molar-refractivity contribution in [2.24, 2.45) is 0 Å². The van der Waals surface area contributed by atoms with Crippen LogP contribution in [0.4, 0.5) is 10.1 Å². The van der Waals surface area contributed by atoms with Gasteiger partial charge in [-0.3, -0.25) is 4.79 Å². The van der Waals surface area contributed by atoms with Crippen LogP contribution in [-0.2, 0) is 11.2 Å². The van der Waals surface area contributed by atoms with Crippen molar-refractivity contribution in [3.63, 3.8) is 0 Å². The van der Waals surface area contributed by atoms with Crippen molar-refractivity contribution in [1.29, 1.82) is 0 Å². The highest BCUT2D eigenvalue weighted by Crippen LogP contribution is 2.29. The number of hydrogen-bond acceptors (Lipinski definition) is 2. The lowest BCUT2D eigenvalue weighted by Crippen LogP contribution is -2.31. The molecule has 0 bridgehead atoms. The van der Waals surface area contributed by atoms with Crippen LogP contribution in [0.1, 0.15) is 5.56 Å². The predicted molar refractivity (Wildman–Crippen MR) is 74.6 cm³/mol. The Kier molecular flexibility index (Phi) is 3.32. The zero-order chi connectivity index (χ0) is 14.1. The summed E-state index contributed by atoms with van der Waals surface area (Å²) >= 11 is 5.66. The normalized spacial score (nSPS) is 16.4. The first-order valence-electron chi connectivity index (χ1n) is 6.14. The van der Waals surface area contributed by atoms with Gasteiger partial charge >= 0.3 is 0 Å². The molecule has 1 aliphatic heterocycles. The molecule has 0 fully saturated rings. The molecule has 1 atom stereocenters. The minimum absolute atomic E-state index is 0.0963. The summed E-state index contributed by atoms with van der Waals surface area (Å²) in [5, 5.41) is 2.80. The third kappa shape index (κ3) is 2.47. The minimum atomic E-state index is -0.637. The van der Waals surface area contributed by atoms with E-state index in [1.807, 2.05) is 24.3 Å². The second-order valence-corrected chi connectivity index (χ2v) is 4.97. The summed E-state index contributed by atoms with van der Waals surface area (Å²) in [7, 11) is 0. The lowest BCUT2D eigenvalue weighted by Gasteiger charge is -2.12. The lowest BCUT2D eigenvalue weighted by molar-refractivity contribution is -0.122. The van der Waals surface area contributed by atoms with Crippen molar-refractivity contribution in [1.82, 2.24) is 0 Å². The highest BCUT2D eigenvalue weighted by Gasteiger charge is 2.29. The van der Waals surface area contributed by atoms with E-state index in [0.29, 0.717) is 12.2 Å². The first-order valence-corrected chi connectivity index (χ1v) is 6.52. The number of anilines is 1. The van der Waals surface area contributed by atoms with Crippen molar-refractivity contribution in [3.05, 3.63) is 58.9 Å². The molecule has 5 heteroatoms.